The molecule has 0 radical (unpaired) electrons. The highest BCUT2D eigenvalue weighted by Gasteiger charge is 2.47. The molecule has 2 rings (SSSR count). The molecule has 76 valence electrons. The van der Waals surface area contributed by atoms with E-state index in [4.69, 9.17) is 10.5 Å². The fourth-order valence-corrected chi connectivity index (χ4v) is 3.10. The second-order valence-corrected chi connectivity index (χ2v) is 4.88. The van der Waals surface area contributed by atoms with Gasteiger partial charge in [-0.2, -0.15) is 0 Å². The van der Waals surface area contributed by atoms with Crippen molar-refractivity contribution < 1.29 is 4.74 Å². The largest absolute Gasteiger partial charge is 0.381 e. The normalized spacial score (nSPS) is 34.2. The molecule has 13 heavy (non-hydrogen) atoms. The van der Waals surface area contributed by atoms with Gasteiger partial charge >= 0.3 is 0 Å². The van der Waals surface area contributed by atoms with Gasteiger partial charge in [-0.25, -0.2) is 0 Å². The van der Waals surface area contributed by atoms with E-state index in [0.717, 1.165) is 25.7 Å². The molecule has 2 nitrogen and oxygen atoms in total. The van der Waals surface area contributed by atoms with Gasteiger partial charge in [0.15, 0.2) is 0 Å². The maximum atomic E-state index is 5.76. The molecule has 1 aliphatic heterocycles. The third-order valence-corrected chi connectivity index (χ3v) is 4.16. The van der Waals surface area contributed by atoms with Gasteiger partial charge < -0.3 is 10.5 Å². The lowest BCUT2D eigenvalue weighted by molar-refractivity contribution is -0.112. The van der Waals surface area contributed by atoms with Crippen LogP contribution in [0.25, 0.3) is 0 Å². The van der Waals surface area contributed by atoms with E-state index in [1.54, 1.807) is 0 Å². The van der Waals surface area contributed by atoms with E-state index in [9.17, 15) is 0 Å². The summed E-state index contributed by atoms with van der Waals surface area (Å²) >= 11 is 0. The Morgan fingerprint density at radius 2 is 2.31 bits per heavy atom. The Balaban J connectivity index is 2.04. The first-order valence-corrected chi connectivity index (χ1v) is 5.56. The highest BCUT2D eigenvalue weighted by atomic mass is 16.5. The van der Waals surface area contributed by atoms with Crippen molar-refractivity contribution in [2.24, 2.45) is 23.0 Å². The minimum absolute atomic E-state index is 0.539. The minimum atomic E-state index is 0.539. The van der Waals surface area contributed by atoms with Gasteiger partial charge in [-0.1, -0.05) is 13.3 Å². The third-order valence-electron chi connectivity index (χ3n) is 4.16. The number of nitrogens with two attached hydrogens (primary N) is 1. The SMILES string of the molecule is CC(CN)C1CCOCC12CCC2. The molecule has 2 unspecified atom stereocenters. The van der Waals surface area contributed by atoms with Gasteiger partial charge in [0.25, 0.3) is 0 Å². The monoisotopic (exact) mass is 183 g/mol. The van der Waals surface area contributed by atoms with Gasteiger partial charge in [0.05, 0.1) is 6.61 Å². The van der Waals surface area contributed by atoms with Gasteiger partial charge in [0, 0.05) is 6.61 Å². The first kappa shape index (κ1) is 9.47. The molecule has 1 saturated carbocycles. The summed E-state index contributed by atoms with van der Waals surface area (Å²) in [5.74, 6) is 1.52. The molecule has 0 aromatic heterocycles. The van der Waals surface area contributed by atoms with Crippen LogP contribution in [0.15, 0.2) is 0 Å². The lowest BCUT2D eigenvalue weighted by atomic mass is 9.57. The van der Waals surface area contributed by atoms with Gasteiger partial charge in [-0.05, 0) is 43.1 Å². The number of hydrogen-bond donors (Lipinski definition) is 1. The Hall–Kier alpha value is -0.0800. The van der Waals surface area contributed by atoms with Crippen molar-refractivity contribution >= 4 is 0 Å². The highest BCUT2D eigenvalue weighted by Crippen LogP contribution is 2.52. The third kappa shape index (κ3) is 1.50. The molecular formula is C11H21NO. The smallest absolute Gasteiger partial charge is 0.0525 e. The Kier molecular flexibility index (Phi) is 2.61. The molecule has 0 aromatic carbocycles. The average Bonchev–Trinajstić information content (AvgIpc) is 2.14. The van der Waals surface area contributed by atoms with E-state index in [1.807, 2.05) is 0 Å². The summed E-state index contributed by atoms with van der Waals surface area (Å²) in [7, 11) is 0. The fourth-order valence-electron chi connectivity index (χ4n) is 3.10. The van der Waals surface area contributed by atoms with Crippen LogP contribution < -0.4 is 5.73 Å². The summed E-state index contributed by atoms with van der Waals surface area (Å²) in [6.45, 7) is 5.10. The van der Waals surface area contributed by atoms with Crippen LogP contribution in [0, 0.1) is 17.3 Å². The van der Waals surface area contributed by atoms with Crippen LogP contribution in [0.5, 0.6) is 0 Å². The van der Waals surface area contributed by atoms with E-state index in [2.05, 4.69) is 6.92 Å². The van der Waals surface area contributed by atoms with Crippen LogP contribution in [0.4, 0.5) is 0 Å². The average molecular weight is 183 g/mol. The Labute approximate surface area is 80.8 Å². The molecule has 1 aliphatic carbocycles. The second kappa shape index (κ2) is 3.58. The lowest BCUT2D eigenvalue weighted by Gasteiger charge is -2.52. The maximum Gasteiger partial charge on any atom is 0.0525 e. The first-order chi connectivity index (χ1) is 6.28. The van der Waals surface area contributed by atoms with E-state index in [1.165, 1.54) is 25.7 Å². The molecule has 0 bridgehead atoms. The fraction of sp³-hybridized carbons (Fsp3) is 1.00. The number of hydrogen-bond acceptors (Lipinski definition) is 2. The molecule has 2 N–H and O–H groups in total. The standard InChI is InChI=1S/C11H21NO/c1-9(7-12)10-3-6-13-8-11(10)4-2-5-11/h9-10H,2-8,12H2,1H3. The van der Waals surface area contributed by atoms with Crippen LogP contribution in [0.3, 0.4) is 0 Å². The molecule has 1 heterocycles. The van der Waals surface area contributed by atoms with Crippen LogP contribution in [-0.4, -0.2) is 19.8 Å². The van der Waals surface area contributed by atoms with E-state index >= 15 is 0 Å². The molecule has 2 heteroatoms. The molecule has 1 spiro atoms. The van der Waals surface area contributed by atoms with Gasteiger partial charge in [-0.15, -0.1) is 0 Å². The van der Waals surface area contributed by atoms with Crippen LogP contribution in [-0.2, 0) is 4.74 Å². The lowest BCUT2D eigenvalue weighted by Crippen LogP contribution is -2.48. The van der Waals surface area contributed by atoms with Crippen molar-refractivity contribution in [1.82, 2.24) is 0 Å². The summed E-state index contributed by atoms with van der Waals surface area (Å²) in [5, 5.41) is 0. The summed E-state index contributed by atoms with van der Waals surface area (Å²) < 4.78 is 5.61. The topological polar surface area (TPSA) is 35.2 Å². The van der Waals surface area contributed by atoms with E-state index in [-0.39, 0.29) is 0 Å². The zero-order chi connectivity index (χ0) is 9.31. The Morgan fingerprint density at radius 1 is 1.54 bits per heavy atom. The second-order valence-electron chi connectivity index (χ2n) is 4.88. The molecular weight excluding hydrogens is 162 g/mol. The zero-order valence-corrected chi connectivity index (χ0v) is 8.59. The van der Waals surface area contributed by atoms with Crippen molar-refractivity contribution in [3.63, 3.8) is 0 Å². The van der Waals surface area contributed by atoms with Crippen LogP contribution in [0.1, 0.15) is 32.6 Å². The van der Waals surface area contributed by atoms with Crippen molar-refractivity contribution in [2.45, 2.75) is 32.6 Å². The summed E-state index contributed by atoms with van der Waals surface area (Å²) in [4.78, 5) is 0. The first-order valence-electron chi connectivity index (χ1n) is 5.56. The molecule has 1 saturated heterocycles. The van der Waals surface area contributed by atoms with Crippen LogP contribution in [0.2, 0.25) is 0 Å². The van der Waals surface area contributed by atoms with Gasteiger partial charge in [0.2, 0.25) is 0 Å². The Morgan fingerprint density at radius 3 is 2.85 bits per heavy atom. The van der Waals surface area contributed by atoms with Gasteiger partial charge in [0.1, 0.15) is 0 Å². The molecule has 0 amide bonds. The van der Waals surface area contributed by atoms with Gasteiger partial charge in [-0.3, -0.25) is 0 Å². The molecule has 2 atom stereocenters. The summed E-state index contributed by atoms with van der Waals surface area (Å²) in [5.41, 5.74) is 6.30. The highest BCUT2D eigenvalue weighted by molar-refractivity contribution is 4.97. The van der Waals surface area contributed by atoms with E-state index < -0.39 is 0 Å². The van der Waals surface area contributed by atoms with Crippen LogP contribution >= 0.6 is 0 Å². The minimum Gasteiger partial charge on any atom is -0.381 e. The van der Waals surface area contributed by atoms with Crippen molar-refractivity contribution in [3.8, 4) is 0 Å². The predicted molar refractivity (Wildman–Crippen MR) is 53.4 cm³/mol. The quantitative estimate of drug-likeness (QED) is 0.708. The zero-order valence-electron chi connectivity index (χ0n) is 8.59. The predicted octanol–water partition coefficient (Wildman–Crippen LogP) is 1.79. The Bertz CT molecular complexity index is 177. The summed E-state index contributed by atoms with van der Waals surface area (Å²) in [6.07, 6.45) is 5.39. The maximum absolute atomic E-state index is 5.76. The number of rotatable bonds is 2. The molecule has 2 fully saturated rings. The summed E-state index contributed by atoms with van der Waals surface area (Å²) in [6, 6.07) is 0. The van der Waals surface area contributed by atoms with Crippen molar-refractivity contribution in [2.75, 3.05) is 19.8 Å². The van der Waals surface area contributed by atoms with Crippen molar-refractivity contribution in [3.05, 3.63) is 0 Å². The van der Waals surface area contributed by atoms with E-state index in [0.29, 0.717) is 11.3 Å². The molecule has 0 aromatic rings. The van der Waals surface area contributed by atoms with Crippen molar-refractivity contribution in [1.29, 1.82) is 0 Å². The number of ether oxygens (including phenoxy) is 1. The molecule has 2 aliphatic rings.